The van der Waals surface area contributed by atoms with Gasteiger partial charge in [0.25, 0.3) is 0 Å². The molecule has 3 heteroatoms. The van der Waals surface area contributed by atoms with Crippen molar-refractivity contribution in [3.8, 4) is 12.0 Å². The average molecular weight is 228 g/mol. The molecular weight excluding hydrogens is 217 g/mol. The predicted octanol–water partition coefficient (Wildman–Crippen LogP) is 2.80. The molecule has 0 bridgehead atoms. The van der Waals surface area contributed by atoms with E-state index in [1.54, 1.807) is 0 Å². The van der Waals surface area contributed by atoms with E-state index < -0.39 is 0 Å². The van der Waals surface area contributed by atoms with E-state index in [-0.39, 0.29) is 12.4 Å². The van der Waals surface area contributed by atoms with Gasteiger partial charge in [-0.2, -0.15) is 0 Å². The molecule has 1 atom stereocenters. The molecule has 1 aromatic rings. The van der Waals surface area contributed by atoms with Crippen molar-refractivity contribution in [1.82, 2.24) is 5.32 Å². The van der Waals surface area contributed by atoms with Crippen LogP contribution in [0.2, 0.25) is 5.02 Å². The highest BCUT2D eigenvalue weighted by Crippen LogP contribution is 2.21. The first kappa shape index (κ1) is 11.2. The lowest BCUT2D eigenvalue weighted by Gasteiger charge is -2.13. The van der Waals surface area contributed by atoms with Gasteiger partial charge in [0.15, 0.2) is 0 Å². The molecule has 0 radical (unpaired) electrons. The van der Waals surface area contributed by atoms with E-state index in [2.05, 4.69) is 17.3 Å². The van der Waals surface area contributed by atoms with E-state index in [1.807, 2.05) is 24.3 Å². The molecule has 1 N–H and O–H groups in total. The summed E-state index contributed by atoms with van der Waals surface area (Å²) in [6.45, 7) is 0.973. The zero-order chi connectivity index (χ0) is 9.10. The Labute approximate surface area is 95.3 Å². The molecule has 1 nitrogen and oxygen atoms in total. The van der Waals surface area contributed by atoms with Gasteiger partial charge in [0, 0.05) is 23.5 Å². The molecule has 2 rings (SSSR count). The molecule has 0 aliphatic carbocycles. The van der Waals surface area contributed by atoms with Gasteiger partial charge in [0.1, 0.15) is 0 Å². The van der Waals surface area contributed by atoms with Crippen LogP contribution in [0, 0.1) is 12.0 Å². The lowest BCUT2D eigenvalue weighted by molar-refractivity contribution is 0.694. The smallest absolute Gasteiger partial charge is 0.0487 e. The highest BCUT2D eigenvalue weighted by Gasteiger charge is 2.09. The molecule has 0 fully saturated rings. The van der Waals surface area contributed by atoms with Crippen molar-refractivity contribution in [2.45, 2.75) is 12.3 Å². The first-order valence-electron chi connectivity index (χ1n) is 4.35. The SMILES string of the molecule is Cl.Clc1ccc(C2C#CNCC2)cc1. The van der Waals surface area contributed by atoms with E-state index >= 15 is 0 Å². The molecule has 0 saturated carbocycles. The van der Waals surface area contributed by atoms with Crippen LogP contribution in [-0.2, 0) is 0 Å². The summed E-state index contributed by atoms with van der Waals surface area (Å²) in [6, 6.07) is 10.8. The Morgan fingerprint density at radius 2 is 2.00 bits per heavy atom. The lowest BCUT2D eigenvalue weighted by Crippen LogP contribution is -2.16. The van der Waals surface area contributed by atoms with Gasteiger partial charge < -0.3 is 5.32 Å². The van der Waals surface area contributed by atoms with Crippen molar-refractivity contribution in [2.75, 3.05) is 6.54 Å². The Hall–Kier alpha value is -0.840. The van der Waals surface area contributed by atoms with Crippen molar-refractivity contribution >= 4 is 24.0 Å². The van der Waals surface area contributed by atoms with E-state index in [0.29, 0.717) is 5.92 Å². The van der Waals surface area contributed by atoms with Crippen molar-refractivity contribution in [2.24, 2.45) is 0 Å². The zero-order valence-electron chi connectivity index (χ0n) is 7.59. The highest BCUT2D eigenvalue weighted by molar-refractivity contribution is 6.30. The van der Waals surface area contributed by atoms with Gasteiger partial charge >= 0.3 is 0 Å². The molecule has 1 heterocycles. The molecule has 0 saturated heterocycles. The summed E-state index contributed by atoms with van der Waals surface area (Å²) in [5.74, 6) is 3.52. The Morgan fingerprint density at radius 1 is 1.29 bits per heavy atom. The molecular formula is C11H11Cl2N. The molecule has 0 amide bonds. The summed E-state index contributed by atoms with van der Waals surface area (Å²) in [7, 11) is 0. The van der Waals surface area contributed by atoms with Crippen LogP contribution in [-0.4, -0.2) is 6.54 Å². The minimum absolute atomic E-state index is 0. The summed E-state index contributed by atoms with van der Waals surface area (Å²) >= 11 is 5.80. The quantitative estimate of drug-likeness (QED) is 0.729. The topological polar surface area (TPSA) is 12.0 Å². The number of halogens is 2. The van der Waals surface area contributed by atoms with Crippen LogP contribution >= 0.6 is 24.0 Å². The van der Waals surface area contributed by atoms with Crippen LogP contribution in [0.1, 0.15) is 17.9 Å². The first-order valence-corrected chi connectivity index (χ1v) is 4.73. The number of benzene rings is 1. The molecule has 74 valence electrons. The second-order valence-electron chi connectivity index (χ2n) is 3.09. The van der Waals surface area contributed by atoms with Crippen LogP contribution in [0.15, 0.2) is 24.3 Å². The van der Waals surface area contributed by atoms with Crippen LogP contribution in [0.5, 0.6) is 0 Å². The largest absolute Gasteiger partial charge is 0.346 e. The van der Waals surface area contributed by atoms with Crippen LogP contribution in [0.3, 0.4) is 0 Å². The van der Waals surface area contributed by atoms with Gasteiger partial charge in [-0.1, -0.05) is 29.7 Å². The summed E-state index contributed by atoms with van der Waals surface area (Å²) < 4.78 is 0. The van der Waals surface area contributed by atoms with Crippen LogP contribution < -0.4 is 5.32 Å². The number of hydrogen-bond acceptors (Lipinski definition) is 1. The fourth-order valence-electron chi connectivity index (χ4n) is 1.43. The third-order valence-electron chi connectivity index (χ3n) is 2.17. The summed E-state index contributed by atoms with van der Waals surface area (Å²) in [5, 5.41) is 3.79. The van der Waals surface area contributed by atoms with E-state index in [9.17, 15) is 0 Å². The fourth-order valence-corrected chi connectivity index (χ4v) is 1.56. The maximum Gasteiger partial charge on any atom is 0.0487 e. The number of hydrogen-bond donors (Lipinski definition) is 1. The predicted molar refractivity (Wildman–Crippen MR) is 61.8 cm³/mol. The van der Waals surface area contributed by atoms with Crippen molar-refractivity contribution in [3.63, 3.8) is 0 Å². The average Bonchev–Trinajstić information content (AvgIpc) is 2.20. The third kappa shape index (κ3) is 2.57. The molecule has 1 aliphatic rings. The maximum atomic E-state index is 5.80. The van der Waals surface area contributed by atoms with Gasteiger partial charge in [-0.05, 0) is 24.1 Å². The minimum atomic E-state index is 0. The third-order valence-corrected chi connectivity index (χ3v) is 2.42. The van der Waals surface area contributed by atoms with Crippen molar-refractivity contribution < 1.29 is 0 Å². The van der Waals surface area contributed by atoms with E-state index in [4.69, 9.17) is 11.6 Å². The summed E-state index contributed by atoms with van der Waals surface area (Å²) in [5.41, 5.74) is 1.26. The van der Waals surface area contributed by atoms with Crippen LogP contribution in [0.4, 0.5) is 0 Å². The van der Waals surface area contributed by atoms with Crippen molar-refractivity contribution in [3.05, 3.63) is 34.9 Å². The van der Waals surface area contributed by atoms with E-state index in [1.165, 1.54) is 5.56 Å². The number of rotatable bonds is 1. The second-order valence-corrected chi connectivity index (χ2v) is 3.53. The highest BCUT2D eigenvalue weighted by atomic mass is 35.5. The molecule has 0 aromatic heterocycles. The van der Waals surface area contributed by atoms with Crippen LogP contribution in [0.25, 0.3) is 0 Å². The molecule has 14 heavy (non-hydrogen) atoms. The van der Waals surface area contributed by atoms with Gasteiger partial charge in [-0.15, -0.1) is 12.4 Å². The van der Waals surface area contributed by atoms with Gasteiger partial charge in [-0.3, -0.25) is 0 Å². The fraction of sp³-hybridized carbons (Fsp3) is 0.273. The Kier molecular flexibility index (Phi) is 4.13. The molecule has 1 aliphatic heterocycles. The van der Waals surface area contributed by atoms with E-state index in [0.717, 1.165) is 18.0 Å². The van der Waals surface area contributed by atoms with Gasteiger partial charge in [0.05, 0.1) is 0 Å². The van der Waals surface area contributed by atoms with Gasteiger partial charge in [-0.25, -0.2) is 0 Å². The van der Waals surface area contributed by atoms with Crippen molar-refractivity contribution in [1.29, 1.82) is 0 Å². The Bertz CT molecular complexity index is 348. The Morgan fingerprint density at radius 3 is 2.57 bits per heavy atom. The second kappa shape index (κ2) is 5.14. The summed E-state index contributed by atoms with van der Waals surface area (Å²) in [6.07, 6.45) is 1.08. The monoisotopic (exact) mass is 227 g/mol. The van der Waals surface area contributed by atoms with Gasteiger partial charge in [0.2, 0.25) is 0 Å². The normalized spacial score (nSPS) is 18.5. The summed E-state index contributed by atoms with van der Waals surface area (Å²) in [4.78, 5) is 0. The standard InChI is InChI=1S/C11H10ClN.ClH/c12-11-3-1-9(2-4-11)10-5-7-13-8-6-10;/h1-4,10,13H,5,7H2;1H. The molecule has 1 unspecified atom stereocenters. The molecule has 0 spiro atoms. The Balaban J connectivity index is 0.000000980. The number of nitrogens with one attached hydrogen (secondary N) is 1. The first-order chi connectivity index (χ1) is 6.36. The minimum Gasteiger partial charge on any atom is -0.346 e. The zero-order valence-corrected chi connectivity index (χ0v) is 9.16. The lowest BCUT2D eigenvalue weighted by atomic mass is 9.95. The maximum absolute atomic E-state index is 5.80. The molecule has 1 aromatic carbocycles.